The van der Waals surface area contributed by atoms with Gasteiger partial charge in [-0.2, -0.15) is 13.2 Å². The summed E-state index contributed by atoms with van der Waals surface area (Å²) in [4.78, 5) is 0. The second kappa shape index (κ2) is 4.05. The lowest BCUT2D eigenvalue weighted by Gasteiger charge is -1.97. The van der Waals surface area contributed by atoms with E-state index < -0.39 is 26.0 Å². The highest BCUT2D eigenvalue weighted by atomic mass is 31.1. The Labute approximate surface area is 78.5 Å². The zero-order valence-electron chi connectivity index (χ0n) is 6.88. The van der Waals surface area contributed by atoms with Crippen LogP contribution in [-0.4, -0.2) is 12.3 Å². The van der Waals surface area contributed by atoms with Crippen LogP contribution in [0.4, 0.5) is 17.6 Å². The van der Waals surface area contributed by atoms with Crippen LogP contribution in [0.3, 0.4) is 0 Å². The van der Waals surface area contributed by atoms with Crippen molar-refractivity contribution in [3.8, 4) is 0 Å². The summed E-state index contributed by atoms with van der Waals surface area (Å²) in [5, 5.41) is -0.375. The Morgan fingerprint density at radius 3 is 2.29 bits per heavy atom. The van der Waals surface area contributed by atoms with Crippen LogP contribution in [-0.2, 0) is 4.57 Å². The Morgan fingerprint density at radius 2 is 1.79 bits per heavy atom. The average Bonchev–Trinajstić information content (AvgIpc) is 2.01. The van der Waals surface area contributed by atoms with Gasteiger partial charge in [-0.1, -0.05) is 16.7 Å². The molecular formula is C8H6F4OP+. The van der Waals surface area contributed by atoms with Crippen LogP contribution in [0.5, 0.6) is 0 Å². The first kappa shape index (κ1) is 11.1. The fraction of sp³-hybridized carbons (Fsp3) is 0.250. The topological polar surface area (TPSA) is 17.1 Å². The van der Waals surface area contributed by atoms with Crippen LogP contribution in [0.15, 0.2) is 24.3 Å². The number of hydrogen-bond donors (Lipinski definition) is 0. The van der Waals surface area contributed by atoms with E-state index >= 15 is 0 Å². The summed E-state index contributed by atoms with van der Waals surface area (Å²) >= 11 is 0. The monoisotopic (exact) mass is 225 g/mol. The zero-order chi connectivity index (χ0) is 10.8. The average molecular weight is 225 g/mol. The molecule has 0 saturated heterocycles. The molecule has 6 heteroatoms. The molecule has 1 unspecified atom stereocenters. The van der Waals surface area contributed by atoms with Gasteiger partial charge >= 0.3 is 14.0 Å². The first-order chi connectivity index (χ1) is 6.40. The van der Waals surface area contributed by atoms with E-state index in [2.05, 4.69) is 0 Å². The van der Waals surface area contributed by atoms with Crippen molar-refractivity contribution in [2.24, 2.45) is 0 Å². The maximum atomic E-state index is 12.9. The van der Waals surface area contributed by atoms with E-state index in [1.165, 1.54) is 12.1 Å². The Hall–Kier alpha value is -0.960. The molecule has 0 saturated carbocycles. The third kappa shape index (κ3) is 3.07. The van der Waals surface area contributed by atoms with Gasteiger partial charge in [0.1, 0.15) is 0 Å². The lowest BCUT2D eigenvalue weighted by Crippen LogP contribution is -2.15. The normalized spacial score (nSPS) is 12.7. The quantitative estimate of drug-likeness (QED) is 0.558. The van der Waals surface area contributed by atoms with Gasteiger partial charge in [-0.15, -0.1) is 0 Å². The van der Waals surface area contributed by atoms with Gasteiger partial charge in [0.2, 0.25) is 11.5 Å². The molecule has 0 fully saturated rings. The van der Waals surface area contributed by atoms with Crippen LogP contribution >= 0.6 is 7.80 Å². The lowest BCUT2D eigenvalue weighted by molar-refractivity contribution is -0.106. The maximum Gasteiger partial charge on any atom is 0.432 e. The van der Waals surface area contributed by atoms with Crippen molar-refractivity contribution in [1.82, 2.24) is 0 Å². The van der Waals surface area contributed by atoms with Gasteiger partial charge in [-0.05, 0) is 12.1 Å². The number of hydrogen-bond acceptors (Lipinski definition) is 1. The van der Waals surface area contributed by atoms with Crippen molar-refractivity contribution < 1.29 is 22.1 Å². The minimum Gasteiger partial charge on any atom is -0.202 e. The lowest BCUT2D eigenvalue weighted by atomic mass is 10.3. The molecule has 14 heavy (non-hydrogen) atoms. The minimum atomic E-state index is -4.53. The fourth-order valence-electron chi connectivity index (χ4n) is 0.902. The van der Waals surface area contributed by atoms with Gasteiger partial charge in [0, 0.05) is 0 Å². The highest BCUT2D eigenvalue weighted by Gasteiger charge is 2.41. The highest BCUT2D eigenvalue weighted by Crippen LogP contribution is 2.30. The molecule has 1 aromatic carbocycles. The van der Waals surface area contributed by atoms with Crippen LogP contribution < -0.4 is 5.30 Å². The third-order valence-electron chi connectivity index (χ3n) is 1.44. The summed E-state index contributed by atoms with van der Waals surface area (Å²) in [7, 11) is -2.73. The van der Waals surface area contributed by atoms with Crippen molar-refractivity contribution in [1.29, 1.82) is 0 Å². The van der Waals surface area contributed by atoms with Gasteiger partial charge in [-0.25, -0.2) is 4.39 Å². The van der Waals surface area contributed by atoms with Crippen molar-refractivity contribution in [2.45, 2.75) is 6.18 Å². The van der Waals surface area contributed by atoms with Crippen molar-refractivity contribution >= 4 is 13.1 Å². The molecule has 0 aliphatic rings. The molecule has 0 spiro atoms. The first-order valence-electron chi connectivity index (χ1n) is 3.66. The number of benzene rings is 1. The van der Waals surface area contributed by atoms with E-state index in [1.54, 1.807) is 0 Å². The molecule has 1 atom stereocenters. The third-order valence-corrected chi connectivity index (χ3v) is 2.99. The standard InChI is InChI=1S/C8H6F4OP/c9-6-3-1-2-4-7(6)14(13)5-8(10,11)12/h1-4H,5H2/q+1. The smallest absolute Gasteiger partial charge is 0.202 e. The summed E-state index contributed by atoms with van der Waals surface area (Å²) in [6.45, 7) is 0. The highest BCUT2D eigenvalue weighted by molar-refractivity contribution is 7.53. The first-order valence-corrected chi connectivity index (χ1v) is 5.10. The molecule has 0 radical (unpaired) electrons. The summed E-state index contributed by atoms with van der Waals surface area (Å²) < 4.78 is 59.4. The molecule has 76 valence electrons. The SMILES string of the molecule is O=[P+](CC(F)(F)F)c1ccccc1F. The van der Waals surface area contributed by atoms with Crippen LogP contribution in [0, 0.1) is 5.82 Å². The molecule has 0 bridgehead atoms. The van der Waals surface area contributed by atoms with Crippen molar-refractivity contribution in [3.63, 3.8) is 0 Å². The molecule has 0 heterocycles. The summed E-state index contributed by atoms with van der Waals surface area (Å²) in [5.74, 6) is -0.863. The minimum absolute atomic E-state index is 0.375. The van der Waals surface area contributed by atoms with Crippen LogP contribution in [0.2, 0.25) is 0 Å². The predicted molar refractivity (Wildman–Crippen MR) is 44.6 cm³/mol. The Kier molecular flexibility index (Phi) is 3.21. The van der Waals surface area contributed by atoms with E-state index in [1.807, 2.05) is 0 Å². The van der Waals surface area contributed by atoms with Gasteiger partial charge in [-0.3, -0.25) is 0 Å². The Morgan fingerprint density at radius 1 is 1.21 bits per heavy atom. The largest absolute Gasteiger partial charge is 0.432 e. The molecule has 0 amide bonds. The summed E-state index contributed by atoms with van der Waals surface area (Å²) in [5.41, 5.74) is 0. The number of halogens is 4. The van der Waals surface area contributed by atoms with E-state index in [4.69, 9.17) is 0 Å². The Balaban J connectivity index is 2.86. The molecule has 1 aromatic rings. The van der Waals surface area contributed by atoms with Crippen molar-refractivity contribution in [2.75, 3.05) is 6.16 Å². The maximum absolute atomic E-state index is 12.9. The summed E-state index contributed by atoms with van der Waals surface area (Å²) in [6, 6.07) is 4.76. The fourth-order valence-corrected chi connectivity index (χ4v) is 1.96. The zero-order valence-corrected chi connectivity index (χ0v) is 7.78. The van der Waals surface area contributed by atoms with Gasteiger partial charge in [0.05, 0.1) is 0 Å². The van der Waals surface area contributed by atoms with Crippen LogP contribution in [0.1, 0.15) is 0 Å². The molecule has 0 aliphatic heterocycles. The predicted octanol–water partition coefficient (Wildman–Crippen LogP) is 2.84. The van der Waals surface area contributed by atoms with E-state index in [9.17, 15) is 22.1 Å². The molecule has 0 aromatic heterocycles. The van der Waals surface area contributed by atoms with E-state index in [0.717, 1.165) is 12.1 Å². The summed E-state index contributed by atoms with van der Waals surface area (Å²) in [6.07, 6.45) is -6.01. The van der Waals surface area contributed by atoms with E-state index in [-0.39, 0.29) is 5.30 Å². The van der Waals surface area contributed by atoms with Gasteiger partial charge < -0.3 is 0 Å². The van der Waals surface area contributed by atoms with Gasteiger partial charge in [0.25, 0.3) is 0 Å². The number of rotatable bonds is 2. The molecule has 0 N–H and O–H groups in total. The molecule has 1 nitrogen and oxygen atoms in total. The Bertz CT molecular complexity index is 347. The molecule has 1 rings (SSSR count). The molecular weight excluding hydrogens is 219 g/mol. The molecule has 0 aliphatic carbocycles. The second-order valence-electron chi connectivity index (χ2n) is 2.60. The van der Waals surface area contributed by atoms with Crippen LogP contribution in [0.25, 0.3) is 0 Å². The van der Waals surface area contributed by atoms with E-state index in [0.29, 0.717) is 0 Å². The van der Waals surface area contributed by atoms with Crippen molar-refractivity contribution in [3.05, 3.63) is 30.1 Å². The van der Waals surface area contributed by atoms with Gasteiger partial charge in [0.15, 0.2) is 5.82 Å². The number of alkyl halides is 3. The second-order valence-corrected chi connectivity index (χ2v) is 4.16.